The third-order valence-electron chi connectivity index (χ3n) is 4.62. The average Bonchev–Trinajstić information content (AvgIpc) is 3.06. The van der Waals surface area contributed by atoms with Crippen molar-refractivity contribution in [1.82, 2.24) is 9.61 Å². The zero-order chi connectivity index (χ0) is 20.2. The van der Waals surface area contributed by atoms with Gasteiger partial charge in [0.15, 0.2) is 0 Å². The number of para-hydroxylation sites is 1. The van der Waals surface area contributed by atoms with E-state index in [9.17, 15) is 10.2 Å². The third-order valence-corrected chi connectivity index (χ3v) is 4.62. The van der Waals surface area contributed by atoms with E-state index in [0.29, 0.717) is 17.0 Å². The maximum Gasteiger partial charge on any atom is 0.127 e. The van der Waals surface area contributed by atoms with Crippen LogP contribution in [0.25, 0.3) is 5.52 Å². The Morgan fingerprint density at radius 3 is 2.55 bits per heavy atom. The number of rotatable bonds is 6. The molecule has 142 valence electrons. The Morgan fingerprint density at radius 1 is 1.14 bits per heavy atom. The maximum absolute atomic E-state index is 10.7. The zero-order valence-corrected chi connectivity index (χ0v) is 15.7. The van der Waals surface area contributed by atoms with Gasteiger partial charge in [-0.15, -0.1) is 0 Å². The molecule has 7 heteroatoms. The van der Waals surface area contributed by atoms with Crippen LogP contribution in [0.2, 0.25) is 0 Å². The van der Waals surface area contributed by atoms with E-state index in [1.165, 1.54) is 6.20 Å². The van der Waals surface area contributed by atoms with Gasteiger partial charge in [0.2, 0.25) is 0 Å². The minimum absolute atomic E-state index is 0.0576. The van der Waals surface area contributed by atoms with Crippen LogP contribution in [0.1, 0.15) is 16.7 Å². The summed E-state index contributed by atoms with van der Waals surface area (Å²) in [5.74, 6) is 1.47. The van der Waals surface area contributed by atoms with E-state index in [2.05, 4.69) is 21.7 Å². The Balaban J connectivity index is 1.66. The molecule has 0 amide bonds. The molecule has 1 N–H and O–H groups in total. The second-order valence-electron chi connectivity index (χ2n) is 6.47. The summed E-state index contributed by atoms with van der Waals surface area (Å²) in [5, 5.41) is 20.1. The van der Waals surface area contributed by atoms with Crippen LogP contribution in [0.5, 0.6) is 11.5 Å². The standard InChI is InChI=1S/C22H17N5O2/c1-15-17(13-25-28)14-27-22(15)21(16(11-23)12-24-27)26-18-7-9-20(10-8-18)29-19-5-3-2-4-6-19/h2-10,12,14,26H,13H2,1H3. The van der Waals surface area contributed by atoms with Crippen molar-refractivity contribution < 1.29 is 4.74 Å². The van der Waals surface area contributed by atoms with Gasteiger partial charge in [0.1, 0.15) is 24.1 Å². The largest absolute Gasteiger partial charge is 0.457 e. The number of aryl methyl sites for hydroxylation is 1. The van der Waals surface area contributed by atoms with Gasteiger partial charge in [0, 0.05) is 17.4 Å². The Kier molecular flexibility index (Phi) is 4.91. The number of aromatic nitrogens is 2. The lowest BCUT2D eigenvalue weighted by atomic mass is 10.1. The monoisotopic (exact) mass is 383 g/mol. The summed E-state index contributed by atoms with van der Waals surface area (Å²) in [4.78, 5) is 10.7. The molecule has 2 aromatic carbocycles. The quantitative estimate of drug-likeness (QED) is 0.455. The van der Waals surface area contributed by atoms with Crippen LogP contribution in [0.3, 0.4) is 0 Å². The van der Waals surface area contributed by atoms with E-state index in [1.54, 1.807) is 10.7 Å². The highest BCUT2D eigenvalue weighted by Crippen LogP contribution is 2.31. The van der Waals surface area contributed by atoms with Gasteiger partial charge >= 0.3 is 0 Å². The van der Waals surface area contributed by atoms with Crippen LogP contribution in [0.4, 0.5) is 11.4 Å². The summed E-state index contributed by atoms with van der Waals surface area (Å²) in [7, 11) is 0. The van der Waals surface area contributed by atoms with E-state index in [4.69, 9.17) is 4.74 Å². The van der Waals surface area contributed by atoms with E-state index in [-0.39, 0.29) is 6.54 Å². The van der Waals surface area contributed by atoms with Crippen LogP contribution < -0.4 is 10.1 Å². The van der Waals surface area contributed by atoms with Crippen LogP contribution in [-0.2, 0) is 6.54 Å². The van der Waals surface area contributed by atoms with Gasteiger partial charge in [-0.2, -0.15) is 15.3 Å². The van der Waals surface area contributed by atoms with Crippen molar-refractivity contribution >= 4 is 16.9 Å². The highest BCUT2D eigenvalue weighted by Gasteiger charge is 2.16. The number of anilines is 2. The first-order valence-corrected chi connectivity index (χ1v) is 8.98. The molecule has 0 radical (unpaired) electrons. The average molecular weight is 383 g/mol. The fourth-order valence-electron chi connectivity index (χ4n) is 3.15. The van der Waals surface area contributed by atoms with E-state index in [1.807, 2.05) is 61.5 Å². The number of nitroso groups, excluding NO2 is 1. The Hall–Kier alpha value is -4.18. The van der Waals surface area contributed by atoms with Gasteiger partial charge in [0.25, 0.3) is 0 Å². The van der Waals surface area contributed by atoms with Gasteiger partial charge in [-0.3, -0.25) is 0 Å². The first-order valence-electron chi connectivity index (χ1n) is 8.98. The predicted molar refractivity (Wildman–Crippen MR) is 110 cm³/mol. The Morgan fingerprint density at radius 2 is 1.86 bits per heavy atom. The molecule has 29 heavy (non-hydrogen) atoms. The molecule has 2 heterocycles. The number of hydrogen-bond donors (Lipinski definition) is 1. The van der Waals surface area contributed by atoms with Crippen molar-refractivity contribution in [3.8, 4) is 17.6 Å². The zero-order valence-electron chi connectivity index (χ0n) is 15.7. The molecule has 7 nitrogen and oxygen atoms in total. The SMILES string of the molecule is Cc1c(CN=O)cn2ncc(C#N)c(Nc3ccc(Oc4ccccc4)cc3)c12. The number of fused-ring (bicyclic) bond motifs is 1. The second-order valence-corrected chi connectivity index (χ2v) is 6.47. The number of nitrogens with zero attached hydrogens (tertiary/aromatic N) is 4. The Labute approximate surface area is 167 Å². The molecule has 4 aromatic rings. The molecular weight excluding hydrogens is 366 g/mol. The lowest BCUT2D eigenvalue weighted by molar-refractivity contribution is 0.483. The molecule has 0 bridgehead atoms. The number of hydrogen-bond acceptors (Lipinski definition) is 6. The van der Waals surface area contributed by atoms with Crippen molar-refractivity contribution in [3.05, 3.63) is 88.6 Å². The molecule has 0 atom stereocenters. The van der Waals surface area contributed by atoms with Crippen molar-refractivity contribution in [2.45, 2.75) is 13.5 Å². The molecule has 0 saturated carbocycles. The van der Waals surface area contributed by atoms with Crippen LogP contribution in [0, 0.1) is 23.2 Å². The van der Waals surface area contributed by atoms with Crippen LogP contribution in [-0.4, -0.2) is 9.61 Å². The second kappa shape index (κ2) is 7.82. The summed E-state index contributed by atoms with van der Waals surface area (Å²) in [6.45, 7) is 1.95. The van der Waals surface area contributed by atoms with E-state index >= 15 is 0 Å². The topological polar surface area (TPSA) is 91.8 Å². The molecule has 2 aromatic heterocycles. The van der Waals surface area contributed by atoms with Crippen LogP contribution >= 0.6 is 0 Å². The van der Waals surface area contributed by atoms with Gasteiger partial charge in [-0.1, -0.05) is 23.4 Å². The molecule has 0 unspecified atom stereocenters. The first-order chi connectivity index (χ1) is 14.2. The molecular formula is C22H17N5O2. The minimum Gasteiger partial charge on any atom is -0.457 e. The fourth-order valence-corrected chi connectivity index (χ4v) is 3.15. The number of ether oxygens (including phenoxy) is 1. The van der Waals surface area contributed by atoms with E-state index < -0.39 is 0 Å². The summed E-state index contributed by atoms with van der Waals surface area (Å²) in [6.07, 6.45) is 3.26. The molecule has 0 aliphatic carbocycles. The molecule has 0 spiro atoms. The van der Waals surface area contributed by atoms with Crippen molar-refractivity contribution in [3.63, 3.8) is 0 Å². The van der Waals surface area contributed by atoms with Gasteiger partial charge < -0.3 is 10.1 Å². The summed E-state index contributed by atoms with van der Waals surface area (Å²) in [5.41, 5.74) is 4.22. The molecule has 0 aliphatic heterocycles. The highest BCUT2D eigenvalue weighted by atomic mass is 16.5. The van der Waals surface area contributed by atoms with Gasteiger partial charge in [0.05, 0.1) is 23.0 Å². The predicted octanol–water partition coefficient (Wildman–Crippen LogP) is 5.32. The number of nitriles is 1. The molecule has 0 fully saturated rings. The normalized spacial score (nSPS) is 10.5. The highest BCUT2D eigenvalue weighted by molar-refractivity contribution is 5.85. The summed E-state index contributed by atoms with van der Waals surface area (Å²) in [6, 6.07) is 19.2. The third kappa shape index (κ3) is 3.64. The van der Waals surface area contributed by atoms with E-state index in [0.717, 1.165) is 28.1 Å². The fraction of sp³-hybridized carbons (Fsp3) is 0.0909. The molecule has 4 rings (SSSR count). The molecule has 0 aliphatic rings. The Bertz CT molecular complexity index is 1210. The van der Waals surface area contributed by atoms with Crippen LogP contribution in [0.15, 0.2) is 72.2 Å². The number of benzene rings is 2. The first kappa shape index (κ1) is 18.2. The van der Waals surface area contributed by atoms with Gasteiger partial charge in [-0.25, -0.2) is 4.52 Å². The minimum atomic E-state index is 0.0576. The smallest absolute Gasteiger partial charge is 0.127 e. The lowest BCUT2D eigenvalue weighted by Gasteiger charge is -2.12. The lowest BCUT2D eigenvalue weighted by Crippen LogP contribution is -2.00. The van der Waals surface area contributed by atoms with Crippen molar-refractivity contribution in [2.24, 2.45) is 5.18 Å². The van der Waals surface area contributed by atoms with Gasteiger partial charge in [-0.05, 0) is 48.9 Å². The summed E-state index contributed by atoms with van der Waals surface area (Å²) < 4.78 is 7.47. The number of nitrogens with one attached hydrogen (secondary N) is 1. The van der Waals surface area contributed by atoms with Crippen molar-refractivity contribution in [2.75, 3.05) is 5.32 Å². The molecule has 0 saturated heterocycles. The maximum atomic E-state index is 10.7. The summed E-state index contributed by atoms with van der Waals surface area (Å²) >= 11 is 0. The van der Waals surface area contributed by atoms with Crippen molar-refractivity contribution in [1.29, 1.82) is 5.26 Å².